The van der Waals surface area contributed by atoms with Gasteiger partial charge in [-0.2, -0.15) is 5.10 Å². The standard InChI is InChI=1S/C17H28N6O2/c1-12(2)23-16(13-4-5-13)14(10-19-23)20-17(25)21(3)8-9-22-7-6-18-15(24)11-22/h10,12-13H,4-9,11H2,1-3H3,(H,18,24)(H,20,25). The van der Waals surface area contributed by atoms with E-state index in [2.05, 4.69) is 34.5 Å². The second-order valence-corrected chi connectivity index (χ2v) is 7.23. The van der Waals surface area contributed by atoms with Crippen molar-refractivity contribution in [2.45, 2.75) is 38.6 Å². The molecule has 0 unspecified atom stereocenters. The molecule has 1 saturated carbocycles. The number of hydrogen-bond donors (Lipinski definition) is 2. The minimum Gasteiger partial charge on any atom is -0.354 e. The van der Waals surface area contributed by atoms with Crippen molar-refractivity contribution < 1.29 is 9.59 Å². The van der Waals surface area contributed by atoms with Crippen LogP contribution in [0.2, 0.25) is 0 Å². The first-order valence-corrected chi connectivity index (χ1v) is 9.04. The summed E-state index contributed by atoms with van der Waals surface area (Å²) in [6.07, 6.45) is 4.08. The predicted octanol–water partition coefficient (Wildman–Crippen LogP) is 1.24. The topological polar surface area (TPSA) is 82.5 Å². The average molecular weight is 348 g/mol. The van der Waals surface area contributed by atoms with Crippen LogP contribution >= 0.6 is 0 Å². The zero-order valence-corrected chi connectivity index (χ0v) is 15.3. The van der Waals surface area contributed by atoms with Gasteiger partial charge in [0.2, 0.25) is 5.91 Å². The first kappa shape index (κ1) is 17.7. The Morgan fingerprint density at radius 3 is 2.88 bits per heavy atom. The van der Waals surface area contributed by atoms with Crippen molar-refractivity contribution in [3.63, 3.8) is 0 Å². The Bertz CT molecular complexity index is 637. The zero-order valence-electron chi connectivity index (χ0n) is 15.3. The Morgan fingerprint density at radius 1 is 1.48 bits per heavy atom. The van der Waals surface area contributed by atoms with Gasteiger partial charge in [-0.1, -0.05) is 0 Å². The highest BCUT2D eigenvalue weighted by atomic mass is 16.2. The molecule has 1 aromatic heterocycles. The van der Waals surface area contributed by atoms with E-state index in [1.54, 1.807) is 18.1 Å². The third-order valence-corrected chi connectivity index (χ3v) is 4.74. The third-order valence-electron chi connectivity index (χ3n) is 4.74. The fourth-order valence-corrected chi connectivity index (χ4v) is 3.13. The van der Waals surface area contributed by atoms with E-state index >= 15 is 0 Å². The molecule has 2 aliphatic rings. The smallest absolute Gasteiger partial charge is 0.321 e. The van der Waals surface area contributed by atoms with Gasteiger partial charge in [0.1, 0.15) is 0 Å². The fraction of sp³-hybridized carbons (Fsp3) is 0.706. The largest absolute Gasteiger partial charge is 0.354 e. The number of urea groups is 1. The first-order chi connectivity index (χ1) is 12.0. The molecular weight excluding hydrogens is 320 g/mol. The number of nitrogens with zero attached hydrogens (tertiary/aromatic N) is 4. The van der Waals surface area contributed by atoms with Gasteiger partial charge in [0.15, 0.2) is 0 Å². The van der Waals surface area contributed by atoms with E-state index in [0.717, 1.165) is 30.8 Å². The molecule has 2 N–H and O–H groups in total. The number of likely N-dealkylation sites (N-methyl/N-ethyl adjacent to an activating group) is 1. The maximum Gasteiger partial charge on any atom is 0.321 e. The van der Waals surface area contributed by atoms with E-state index in [4.69, 9.17) is 0 Å². The molecule has 0 atom stereocenters. The summed E-state index contributed by atoms with van der Waals surface area (Å²) in [6.45, 7) is 7.38. The van der Waals surface area contributed by atoms with Crippen LogP contribution in [-0.4, -0.2) is 71.3 Å². The van der Waals surface area contributed by atoms with E-state index in [1.807, 2.05) is 4.68 Å². The van der Waals surface area contributed by atoms with Crippen molar-refractivity contribution in [2.75, 3.05) is 45.1 Å². The Morgan fingerprint density at radius 2 is 2.24 bits per heavy atom. The molecule has 2 heterocycles. The maximum atomic E-state index is 12.5. The van der Waals surface area contributed by atoms with Crippen LogP contribution in [0.25, 0.3) is 0 Å². The van der Waals surface area contributed by atoms with Crippen LogP contribution < -0.4 is 10.6 Å². The van der Waals surface area contributed by atoms with Crippen LogP contribution in [0.5, 0.6) is 0 Å². The molecule has 0 radical (unpaired) electrons. The highest BCUT2D eigenvalue weighted by Gasteiger charge is 2.31. The van der Waals surface area contributed by atoms with Crippen LogP contribution in [0.1, 0.15) is 44.3 Å². The predicted molar refractivity (Wildman–Crippen MR) is 95.7 cm³/mol. The Labute approximate surface area is 148 Å². The van der Waals surface area contributed by atoms with Gasteiger partial charge < -0.3 is 15.5 Å². The van der Waals surface area contributed by atoms with Gasteiger partial charge in [-0.25, -0.2) is 4.79 Å². The lowest BCUT2D eigenvalue weighted by Crippen LogP contribution is -2.50. The second kappa shape index (κ2) is 7.43. The van der Waals surface area contributed by atoms with E-state index < -0.39 is 0 Å². The molecular formula is C17H28N6O2. The molecule has 3 rings (SSSR count). The van der Waals surface area contributed by atoms with Crippen molar-refractivity contribution in [3.05, 3.63) is 11.9 Å². The lowest BCUT2D eigenvalue weighted by Gasteiger charge is -2.28. The Kier molecular flexibility index (Phi) is 5.27. The molecule has 8 nitrogen and oxygen atoms in total. The van der Waals surface area contributed by atoms with E-state index in [1.165, 1.54) is 0 Å². The Hall–Kier alpha value is -2.09. The van der Waals surface area contributed by atoms with E-state index in [-0.39, 0.29) is 18.0 Å². The lowest BCUT2D eigenvalue weighted by molar-refractivity contribution is -0.124. The molecule has 138 valence electrons. The summed E-state index contributed by atoms with van der Waals surface area (Å²) in [6, 6.07) is 0.149. The van der Waals surface area contributed by atoms with Gasteiger partial charge >= 0.3 is 6.03 Å². The van der Waals surface area contributed by atoms with Gasteiger partial charge in [0.25, 0.3) is 0 Å². The first-order valence-electron chi connectivity index (χ1n) is 9.04. The number of carbonyl (C=O) groups excluding carboxylic acids is 2. The number of rotatable bonds is 6. The summed E-state index contributed by atoms with van der Waals surface area (Å²) in [5.74, 6) is 0.561. The van der Waals surface area contributed by atoms with Crippen LogP contribution in [0.4, 0.5) is 10.5 Å². The fourth-order valence-electron chi connectivity index (χ4n) is 3.13. The summed E-state index contributed by atoms with van der Waals surface area (Å²) in [5.41, 5.74) is 1.97. The molecule has 0 aromatic carbocycles. The van der Waals surface area contributed by atoms with E-state index in [0.29, 0.717) is 32.1 Å². The van der Waals surface area contributed by atoms with Crippen LogP contribution in [0, 0.1) is 0 Å². The SMILES string of the molecule is CC(C)n1ncc(NC(=O)N(C)CCN2CCNC(=O)C2)c1C1CC1. The highest BCUT2D eigenvalue weighted by Crippen LogP contribution is 2.44. The van der Waals surface area contributed by atoms with Crippen molar-refractivity contribution in [2.24, 2.45) is 0 Å². The van der Waals surface area contributed by atoms with Crippen molar-refractivity contribution in [1.29, 1.82) is 0 Å². The lowest BCUT2D eigenvalue weighted by atomic mass is 10.2. The van der Waals surface area contributed by atoms with Gasteiger partial charge in [-0.3, -0.25) is 14.4 Å². The number of amides is 3. The number of piperazine rings is 1. The third kappa shape index (κ3) is 4.31. The monoisotopic (exact) mass is 348 g/mol. The summed E-state index contributed by atoms with van der Waals surface area (Å²) < 4.78 is 2.01. The number of carbonyl (C=O) groups is 2. The maximum absolute atomic E-state index is 12.5. The van der Waals surface area contributed by atoms with Gasteiger partial charge in [-0.15, -0.1) is 0 Å². The summed E-state index contributed by atoms with van der Waals surface area (Å²) in [5, 5.41) is 10.3. The van der Waals surface area contributed by atoms with Gasteiger partial charge in [0.05, 0.1) is 24.1 Å². The summed E-state index contributed by atoms with van der Waals surface area (Å²) in [4.78, 5) is 27.6. The minimum atomic E-state index is -0.133. The van der Waals surface area contributed by atoms with Crippen LogP contribution in [0.15, 0.2) is 6.20 Å². The number of nitrogens with one attached hydrogen (secondary N) is 2. The summed E-state index contributed by atoms with van der Waals surface area (Å²) >= 11 is 0. The average Bonchev–Trinajstić information content (AvgIpc) is 3.32. The number of hydrogen-bond acceptors (Lipinski definition) is 4. The molecule has 1 aliphatic carbocycles. The molecule has 8 heteroatoms. The van der Waals surface area contributed by atoms with E-state index in [9.17, 15) is 9.59 Å². The molecule has 1 aliphatic heterocycles. The molecule has 0 bridgehead atoms. The highest BCUT2D eigenvalue weighted by molar-refractivity contribution is 5.89. The molecule has 25 heavy (non-hydrogen) atoms. The minimum absolute atomic E-state index is 0.0496. The van der Waals surface area contributed by atoms with Crippen LogP contribution in [-0.2, 0) is 4.79 Å². The Balaban J connectivity index is 1.55. The van der Waals surface area contributed by atoms with Gasteiger partial charge in [-0.05, 0) is 26.7 Å². The molecule has 1 aromatic rings. The number of aromatic nitrogens is 2. The van der Waals surface area contributed by atoms with Crippen LogP contribution in [0.3, 0.4) is 0 Å². The van der Waals surface area contributed by atoms with Crippen molar-refractivity contribution in [1.82, 2.24) is 24.9 Å². The van der Waals surface area contributed by atoms with Crippen molar-refractivity contribution in [3.8, 4) is 0 Å². The van der Waals surface area contributed by atoms with Gasteiger partial charge in [0, 0.05) is 45.2 Å². The molecule has 3 amide bonds. The number of anilines is 1. The summed E-state index contributed by atoms with van der Waals surface area (Å²) in [7, 11) is 1.78. The quantitative estimate of drug-likeness (QED) is 0.810. The zero-order chi connectivity index (χ0) is 18.0. The second-order valence-electron chi connectivity index (χ2n) is 7.23. The van der Waals surface area contributed by atoms with Crippen molar-refractivity contribution >= 4 is 17.6 Å². The molecule has 2 fully saturated rings. The molecule has 0 spiro atoms. The normalized spacial score (nSPS) is 18.3. The molecule has 1 saturated heterocycles.